The summed E-state index contributed by atoms with van der Waals surface area (Å²) in [6.45, 7) is 9.79. The molecule has 1 aromatic rings. The molecule has 1 rings (SSSR count). The van der Waals surface area contributed by atoms with Gasteiger partial charge in [0.25, 0.3) is 0 Å². The average Bonchev–Trinajstić information content (AvgIpc) is 2.19. The van der Waals surface area contributed by atoms with E-state index in [0.717, 1.165) is 25.8 Å². The maximum atomic E-state index is 9.36. The van der Waals surface area contributed by atoms with Gasteiger partial charge >= 0.3 is 0 Å². The molecular weight excluding hydrogens is 248 g/mol. The molecule has 0 aliphatic heterocycles. The van der Waals surface area contributed by atoms with Crippen LogP contribution in [0.5, 0.6) is 5.75 Å². The minimum atomic E-state index is 0.287. The third-order valence-electron chi connectivity index (χ3n) is 2.21. The summed E-state index contributed by atoms with van der Waals surface area (Å²) in [5, 5.41) is 9.36. The number of hydrogen-bond donors (Lipinski definition) is 1. The van der Waals surface area contributed by atoms with Gasteiger partial charge in [0, 0.05) is 9.10 Å². The van der Waals surface area contributed by atoms with Gasteiger partial charge in [-0.15, -0.1) is 0 Å². The van der Waals surface area contributed by atoms with Gasteiger partial charge in [-0.2, -0.15) is 0 Å². The van der Waals surface area contributed by atoms with Crippen LogP contribution in [0.4, 0.5) is 0 Å². The van der Waals surface area contributed by atoms with E-state index in [1.165, 1.54) is 0 Å². The van der Waals surface area contributed by atoms with E-state index in [0.29, 0.717) is 0 Å². The number of benzene rings is 1. The molecule has 90 valence electrons. The number of phenolic OH excluding ortho intramolecular Hbond substituents is 1. The van der Waals surface area contributed by atoms with Crippen molar-refractivity contribution in [1.82, 2.24) is 0 Å². The first-order valence-corrected chi connectivity index (χ1v) is 6.48. The fourth-order valence-electron chi connectivity index (χ4n) is 1.36. The van der Waals surface area contributed by atoms with Crippen LogP contribution in [-0.4, -0.2) is 9.30 Å². The van der Waals surface area contributed by atoms with Crippen LogP contribution >= 0.6 is 24.0 Å². The van der Waals surface area contributed by atoms with Gasteiger partial charge < -0.3 is 5.11 Å². The molecule has 1 nitrogen and oxygen atoms in total. The van der Waals surface area contributed by atoms with Crippen molar-refractivity contribution in [3.05, 3.63) is 46.4 Å². The molecule has 3 heteroatoms. The van der Waals surface area contributed by atoms with Crippen LogP contribution in [0.15, 0.2) is 35.3 Å². The van der Waals surface area contributed by atoms with E-state index in [9.17, 15) is 5.11 Å². The summed E-state index contributed by atoms with van der Waals surface area (Å²) in [5.74, 6) is 0.287. The Bertz CT molecular complexity index is 487. The Morgan fingerprint density at radius 3 is 2.53 bits per heavy atom. The van der Waals surface area contributed by atoms with Gasteiger partial charge in [-0.05, 0) is 55.7 Å². The van der Waals surface area contributed by atoms with Crippen molar-refractivity contribution >= 4 is 34.3 Å². The van der Waals surface area contributed by atoms with E-state index in [2.05, 4.69) is 12.7 Å². The Hall–Kier alpha value is -1.06. The second kappa shape index (κ2) is 6.03. The van der Waals surface area contributed by atoms with Crippen LogP contribution in [-0.2, 0) is 0 Å². The molecule has 0 amide bonds. The van der Waals surface area contributed by atoms with E-state index in [-0.39, 0.29) is 5.75 Å². The lowest BCUT2D eigenvalue weighted by molar-refractivity contribution is 0.475. The van der Waals surface area contributed by atoms with Crippen LogP contribution in [0.25, 0.3) is 6.08 Å². The molecule has 0 heterocycles. The Kier molecular flexibility index (Phi) is 4.97. The van der Waals surface area contributed by atoms with Gasteiger partial charge in [-0.1, -0.05) is 36.6 Å². The van der Waals surface area contributed by atoms with Crippen LogP contribution in [0.2, 0.25) is 0 Å². The molecule has 0 radical (unpaired) electrons. The van der Waals surface area contributed by atoms with Crippen LogP contribution in [0.1, 0.15) is 25.0 Å². The third-order valence-corrected chi connectivity index (χ3v) is 3.44. The summed E-state index contributed by atoms with van der Waals surface area (Å²) in [6.07, 6.45) is 2.05. The lowest BCUT2D eigenvalue weighted by atomic mass is 10.1. The van der Waals surface area contributed by atoms with Crippen LogP contribution in [0, 0.1) is 6.92 Å². The molecule has 0 atom stereocenters. The summed E-state index contributed by atoms with van der Waals surface area (Å²) >= 11 is 6.65. The number of aromatic hydroxyl groups is 1. The molecule has 0 saturated carbocycles. The van der Waals surface area contributed by atoms with E-state index >= 15 is 0 Å². The third kappa shape index (κ3) is 4.36. The average molecular weight is 264 g/mol. The summed E-state index contributed by atoms with van der Waals surface area (Å²) in [6, 6.07) is 5.33. The lowest BCUT2D eigenvalue weighted by Gasteiger charge is -2.07. The van der Waals surface area contributed by atoms with E-state index in [4.69, 9.17) is 12.2 Å². The maximum absolute atomic E-state index is 9.36. The highest BCUT2D eigenvalue weighted by atomic mass is 32.2. The minimum absolute atomic E-state index is 0.287. The van der Waals surface area contributed by atoms with Crippen molar-refractivity contribution in [3.8, 4) is 5.75 Å². The Balaban J connectivity index is 3.12. The van der Waals surface area contributed by atoms with Crippen molar-refractivity contribution in [2.75, 3.05) is 0 Å². The predicted octanol–water partition coefficient (Wildman–Crippen LogP) is 4.70. The maximum Gasteiger partial charge on any atom is 0.115 e. The summed E-state index contributed by atoms with van der Waals surface area (Å²) in [4.78, 5) is 1.06. The Labute approximate surface area is 112 Å². The molecule has 17 heavy (non-hydrogen) atoms. The van der Waals surface area contributed by atoms with Crippen molar-refractivity contribution < 1.29 is 5.11 Å². The van der Waals surface area contributed by atoms with Crippen LogP contribution in [0.3, 0.4) is 0 Å². The second-order valence-electron chi connectivity index (χ2n) is 3.92. The second-order valence-corrected chi connectivity index (χ2v) is 6.05. The van der Waals surface area contributed by atoms with Crippen molar-refractivity contribution in [1.29, 1.82) is 0 Å². The largest absolute Gasteiger partial charge is 0.508 e. The zero-order valence-electron chi connectivity index (χ0n) is 10.3. The first kappa shape index (κ1) is 14.0. The zero-order chi connectivity index (χ0) is 13.0. The first-order chi connectivity index (χ1) is 7.90. The Morgan fingerprint density at radius 2 is 2.06 bits per heavy atom. The van der Waals surface area contributed by atoms with Gasteiger partial charge in [0.15, 0.2) is 0 Å². The molecule has 0 fully saturated rings. The van der Waals surface area contributed by atoms with Gasteiger partial charge in [0.05, 0.1) is 0 Å². The minimum Gasteiger partial charge on any atom is -0.508 e. The molecule has 0 spiro atoms. The van der Waals surface area contributed by atoms with Crippen molar-refractivity contribution in [3.63, 3.8) is 0 Å². The SMILES string of the molecule is C=C(C)/C(=C/c1ccc(O)cc1C)SC(C)=S. The van der Waals surface area contributed by atoms with E-state index in [1.807, 2.05) is 26.8 Å². The number of hydrogen-bond acceptors (Lipinski definition) is 3. The lowest BCUT2D eigenvalue weighted by Crippen LogP contribution is -1.86. The standard InChI is InChI=1S/C14H16OS2/c1-9(2)14(17-11(4)16)8-12-5-6-13(15)7-10(12)3/h5-8,15H,1H2,2-4H3/b14-8-. The number of phenols is 1. The molecular formula is C14H16OS2. The molecule has 0 saturated heterocycles. The Morgan fingerprint density at radius 1 is 1.41 bits per heavy atom. The topological polar surface area (TPSA) is 20.2 Å². The monoisotopic (exact) mass is 264 g/mol. The predicted molar refractivity (Wildman–Crippen MR) is 81.5 cm³/mol. The van der Waals surface area contributed by atoms with Gasteiger partial charge in [-0.3, -0.25) is 0 Å². The molecule has 1 N–H and O–H groups in total. The van der Waals surface area contributed by atoms with Gasteiger partial charge in [0.1, 0.15) is 5.75 Å². The molecule has 0 aromatic heterocycles. The van der Waals surface area contributed by atoms with E-state index in [1.54, 1.807) is 23.9 Å². The van der Waals surface area contributed by atoms with Crippen molar-refractivity contribution in [2.24, 2.45) is 0 Å². The van der Waals surface area contributed by atoms with Gasteiger partial charge in [-0.25, -0.2) is 0 Å². The normalized spacial score (nSPS) is 11.4. The quantitative estimate of drug-likeness (QED) is 0.631. The van der Waals surface area contributed by atoms with E-state index < -0.39 is 0 Å². The highest BCUT2D eigenvalue weighted by molar-refractivity contribution is 8.25. The van der Waals surface area contributed by atoms with Crippen molar-refractivity contribution in [2.45, 2.75) is 20.8 Å². The van der Waals surface area contributed by atoms with Gasteiger partial charge in [0.2, 0.25) is 0 Å². The summed E-state index contributed by atoms with van der Waals surface area (Å²) < 4.78 is 0.871. The zero-order valence-corrected chi connectivity index (χ0v) is 11.9. The number of thioether (sulfide) groups is 1. The van der Waals surface area contributed by atoms with Crippen LogP contribution < -0.4 is 0 Å². The number of aryl methyl sites for hydroxylation is 1. The summed E-state index contributed by atoms with van der Waals surface area (Å²) in [7, 11) is 0. The highest BCUT2D eigenvalue weighted by Gasteiger charge is 2.03. The number of thiocarbonyl (C=S) groups is 1. The fraction of sp³-hybridized carbons (Fsp3) is 0.214. The molecule has 1 aromatic carbocycles. The smallest absolute Gasteiger partial charge is 0.115 e. The first-order valence-electron chi connectivity index (χ1n) is 5.25. The number of allylic oxidation sites excluding steroid dienone is 1. The number of rotatable bonds is 3. The molecule has 0 aliphatic carbocycles. The highest BCUT2D eigenvalue weighted by Crippen LogP contribution is 2.28. The molecule has 0 aliphatic rings. The fourth-order valence-corrected chi connectivity index (χ4v) is 2.30. The molecule has 0 bridgehead atoms. The summed E-state index contributed by atoms with van der Waals surface area (Å²) in [5.41, 5.74) is 3.10. The molecule has 0 unspecified atom stereocenters.